The molecule has 0 aliphatic heterocycles. The zero-order valence-corrected chi connectivity index (χ0v) is 15.9. The zero-order valence-electron chi connectivity index (χ0n) is 15.9. The van der Waals surface area contributed by atoms with E-state index in [1.807, 2.05) is 52.0 Å². The van der Waals surface area contributed by atoms with Crippen molar-refractivity contribution in [3.8, 4) is 0 Å². The van der Waals surface area contributed by atoms with E-state index in [1.54, 1.807) is 6.07 Å². The third kappa shape index (κ3) is 3.43. The van der Waals surface area contributed by atoms with Gasteiger partial charge in [-0.15, -0.1) is 0 Å². The summed E-state index contributed by atoms with van der Waals surface area (Å²) in [6, 6.07) is 9.54. The first-order chi connectivity index (χ1) is 12.4. The van der Waals surface area contributed by atoms with Crippen molar-refractivity contribution in [3.63, 3.8) is 0 Å². The van der Waals surface area contributed by atoms with Gasteiger partial charge in [-0.1, -0.05) is 39.0 Å². The highest BCUT2D eigenvalue weighted by Gasteiger charge is 2.18. The van der Waals surface area contributed by atoms with Gasteiger partial charge < -0.3 is 5.32 Å². The van der Waals surface area contributed by atoms with E-state index >= 15 is 0 Å². The van der Waals surface area contributed by atoms with Gasteiger partial charge >= 0.3 is 0 Å². The van der Waals surface area contributed by atoms with Crippen LogP contribution in [0.1, 0.15) is 59.8 Å². The highest BCUT2D eigenvalue weighted by molar-refractivity contribution is 6.13. The van der Waals surface area contributed by atoms with E-state index < -0.39 is 0 Å². The van der Waals surface area contributed by atoms with E-state index in [0.717, 1.165) is 40.1 Å². The van der Waals surface area contributed by atoms with Crippen molar-refractivity contribution < 1.29 is 4.79 Å². The van der Waals surface area contributed by atoms with Crippen LogP contribution in [0.5, 0.6) is 0 Å². The average Bonchev–Trinajstić information content (AvgIpc) is 2.60. The molecule has 0 atom stereocenters. The Morgan fingerprint density at radius 3 is 2.54 bits per heavy atom. The predicted molar refractivity (Wildman–Crippen MR) is 105 cm³/mol. The number of benzene rings is 1. The number of pyridine rings is 1. The second-order valence-corrected chi connectivity index (χ2v) is 6.79. The molecule has 0 saturated carbocycles. The van der Waals surface area contributed by atoms with Crippen molar-refractivity contribution >= 4 is 22.6 Å². The largest absolute Gasteiger partial charge is 0.306 e. The third-order valence-electron chi connectivity index (χ3n) is 4.43. The molecular weight excluding hydrogens is 324 g/mol. The number of rotatable bonds is 4. The Kier molecular flexibility index (Phi) is 4.98. The van der Waals surface area contributed by atoms with Gasteiger partial charge in [0, 0.05) is 28.8 Å². The van der Waals surface area contributed by atoms with Crippen LogP contribution < -0.4 is 5.32 Å². The highest BCUT2D eigenvalue weighted by atomic mass is 16.1. The number of aryl methyl sites for hydroxylation is 2. The van der Waals surface area contributed by atoms with Crippen molar-refractivity contribution in [2.45, 2.75) is 47.0 Å². The Hall–Kier alpha value is -2.82. The second kappa shape index (κ2) is 7.20. The monoisotopic (exact) mass is 348 g/mol. The summed E-state index contributed by atoms with van der Waals surface area (Å²) in [6.45, 7) is 9.99. The number of carbonyl (C=O) groups excluding carboxylic acids is 1. The van der Waals surface area contributed by atoms with Crippen LogP contribution in [-0.4, -0.2) is 20.9 Å². The topological polar surface area (TPSA) is 67.8 Å². The maximum absolute atomic E-state index is 13.1. The smallest absolute Gasteiger partial charge is 0.257 e. The van der Waals surface area contributed by atoms with Crippen molar-refractivity contribution in [2.75, 3.05) is 5.32 Å². The number of anilines is 1. The van der Waals surface area contributed by atoms with Crippen molar-refractivity contribution in [3.05, 3.63) is 58.7 Å². The highest BCUT2D eigenvalue weighted by Crippen LogP contribution is 2.25. The molecular formula is C21H24N4O. The Bertz CT molecular complexity index is 979. The summed E-state index contributed by atoms with van der Waals surface area (Å²) in [5.74, 6) is 1.29. The number of fused-ring (bicyclic) bond motifs is 1. The van der Waals surface area contributed by atoms with E-state index in [1.165, 1.54) is 0 Å². The molecule has 5 heteroatoms. The quantitative estimate of drug-likeness (QED) is 0.749. The van der Waals surface area contributed by atoms with Crippen molar-refractivity contribution in [1.29, 1.82) is 0 Å². The van der Waals surface area contributed by atoms with Gasteiger partial charge in [0.1, 0.15) is 11.6 Å². The minimum atomic E-state index is -0.163. The average molecular weight is 348 g/mol. The summed E-state index contributed by atoms with van der Waals surface area (Å²) in [5.41, 5.74) is 4.19. The van der Waals surface area contributed by atoms with E-state index in [4.69, 9.17) is 0 Å². The Balaban J connectivity index is 2.07. The van der Waals surface area contributed by atoms with Gasteiger partial charge in [-0.2, -0.15) is 0 Å². The predicted octanol–water partition coefficient (Wildman–Crippen LogP) is 4.58. The molecule has 3 rings (SSSR count). The van der Waals surface area contributed by atoms with Crippen LogP contribution in [-0.2, 0) is 6.42 Å². The second-order valence-electron chi connectivity index (χ2n) is 6.79. The van der Waals surface area contributed by atoms with E-state index in [-0.39, 0.29) is 11.8 Å². The maximum atomic E-state index is 13.1. The first-order valence-corrected chi connectivity index (χ1v) is 8.95. The van der Waals surface area contributed by atoms with Crippen LogP contribution >= 0.6 is 0 Å². The number of aromatic nitrogens is 3. The van der Waals surface area contributed by atoms with Crippen LogP contribution in [0, 0.1) is 13.8 Å². The lowest BCUT2D eigenvalue weighted by Crippen LogP contribution is -2.17. The molecule has 1 aromatic carbocycles. The summed E-state index contributed by atoms with van der Waals surface area (Å²) >= 11 is 0. The summed E-state index contributed by atoms with van der Waals surface area (Å²) < 4.78 is 0. The van der Waals surface area contributed by atoms with Crippen molar-refractivity contribution in [1.82, 2.24) is 15.0 Å². The van der Waals surface area contributed by atoms with Crippen LogP contribution in [0.4, 0.5) is 5.82 Å². The maximum Gasteiger partial charge on any atom is 0.257 e. The standard InChI is InChI=1S/C21H24N4O/c1-6-16-14(5)19(15-9-7-8-10-17(15)23-16)21(26)25-18-11-13(4)22-20(24-18)12(2)3/h7-12H,6H2,1-5H3,(H,22,24,25,26). The number of nitrogens with one attached hydrogen (secondary N) is 1. The molecule has 134 valence electrons. The normalized spacial score (nSPS) is 11.2. The molecule has 0 aliphatic carbocycles. The molecule has 2 heterocycles. The molecule has 1 N–H and O–H groups in total. The van der Waals surface area contributed by atoms with Gasteiger partial charge in [-0.25, -0.2) is 9.97 Å². The molecule has 3 aromatic rings. The molecule has 0 aliphatic rings. The number of nitrogens with zero attached hydrogens (tertiary/aromatic N) is 3. The molecule has 5 nitrogen and oxygen atoms in total. The van der Waals surface area contributed by atoms with Crippen LogP contribution in [0.25, 0.3) is 10.9 Å². The molecule has 2 aromatic heterocycles. The summed E-state index contributed by atoms with van der Waals surface area (Å²) in [7, 11) is 0. The zero-order chi connectivity index (χ0) is 18.8. The molecule has 1 amide bonds. The molecule has 26 heavy (non-hydrogen) atoms. The molecule has 0 spiro atoms. The van der Waals surface area contributed by atoms with Gasteiger partial charge in [-0.05, 0) is 31.9 Å². The van der Waals surface area contributed by atoms with E-state index in [0.29, 0.717) is 11.4 Å². The van der Waals surface area contributed by atoms with Gasteiger partial charge in [0.05, 0.1) is 11.1 Å². The van der Waals surface area contributed by atoms with Crippen LogP contribution in [0.15, 0.2) is 30.3 Å². The van der Waals surface area contributed by atoms with Crippen LogP contribution in [0.2, 0.25) is 0 Å². The minimum absolute atomic E-state index is 0.163. The fourth-order valence-electron chi connectivity index (χ4n) is 3.09. The minimum Gasteiger partial charge on any atom is -0.306 e. The van der Waals surface area contributed by atoms with E-state index in [9.17, 15) is 4.79 Å². The Labute approximate surface area is 153 Å². The third-order valence-corrected chi connectivity index (χ3v) is 4.43. The summed E-state index contributed by atoms with van der Waals surface area (Å²) in [5, 5.41) is 3.82. The molecule has 0 fully saturated rings. The van der Waals surface area contributed by atoms with Gasteiger partial charge in [0.25, 0.3) is 5.91 Å². The number of hydrogen-bond acceptors (Lipinski definition) is 4. The lowest BCUT2D eigenvalue weighted by molar-refractivity contribution is 0.102. The lowest BCUT2D eigenvalue weighted by atomic mass is 9.99. The van der Waals surface area contributed by atoms with Gasteiger partial charge in [-0.3, -0.25) is 9.78 Å². The number of amides is 1. The Morgan fingerprint density at radius 1 is 1.12 bits per heavy atom. The lowest BCUT2D eigenvalue weighted by Gasteiger charge is -2.14. The number of carbonyl (C=O) groups is 1. The summed E-state index contributed by atoms with van der Waals surface area (Å²) in [4.78, 5) is 26.7. The van der Waals surface area contributed by atoms with E-state index in [2.05, 4.69) is 27.2 Å². The molecule has 0 saturated heterocycles. The molecule has 0 unspecified atom stereocenters. The van der Waals surface area contributed by atoms with Gasteiger partial charge in [0.15, 0.2) is 0 Å². The first-order valence-electron chi connectivity index (χ1n) is 8.95. The first kappa shape index (κ1) is 18.0. The fraction of sp³-hybridized carbons (Fsp3) is 0.333. The van der Waals surface area contributed by atoms with Crippen molar-refractivity contribution in [2.24, 2.45) is 0 Å². The van der Waals surface area contributed by atoms with Crippen LogP contribution in [0.3, 0.4) is 0 Å². The fourth-order valence-corrected chi connectivity index (χ4v) is 3.09. The Morgan fingerprint density at radius 2 is 1.85 bits per heavy atom. The SMILES string of the molecule is CCc1nc2ccccc2c(C(=O)Nc2cc(C)nc(C(C)C)n2)c1C. The summed E-state index contributed by atoms with van der Waals surface area (Å²) in [6.07, 6.45) is 0.779. The number of hydrogen-bond donors (Lipinski definition) is 1. The van der Waals surface area contributed by atoms with Gasteiger partial charge in [0.2, 0.25) is 0 Å². The number of para-hydroxylation sites is 1. The molecule has 0 bridgehead atoms. The molecule has 0 radical (unpaired) electrons.